The van der Waals surface area contributed by atoms with E-state index in [4.69, 9.17) is 18.9 Å². The van der Waals surface area contributed by atoms with Crippen LogP contribution in [0, 0.1) is 5.92 Å². The van der Waals surface area contributed by atoms with E-state index in [1.165, 1.54) is 12.8 Å². The van der Waals surface area contributed by atoms with Gasteiger partial charge < -0.3 is 18.9 Å². The summed E-state index contributed by atoms with van der Waals surface area (Å²) in [5.74, 6) is 0.707. The van der Waals surface area contributed by atoms with E-state index in [1.807, 2.05) is 0 Å². The van der Waals surface area contributed by atoms with E-state index >= 15 is 0 Å². The predicted octanol–water partition coefficient (Wildman–Crippen LogP) is 6.15. The largest absolute Gasteiger partial charge is 0.508 e. The minimum absolute atomic E-state index is 0.0372. The van der Waals surface area contributed by atoms with E-state index < -0.39 is 24.5 Å². The number of ether oxygens (including phenoxy) is 4. The van der Waals surface area contributed by atoms with Crippen LogP contribution in [0.3, 0.4) is 0 Å². The van der Waals surface area contributed by atoms with Crippen LogP contribution in [0.5, 0.6) is 0 Å². The SMILES string of the molecule is CC(C)CCCCCOC(=O)OC1CCCCC1OC(=O)OC1CCCCC1. The van der Waals surface area contributed by atoms with Gasteiger partial charge in [0.25, 0.3) is 0 Å². The molecule has 2 aliphatic carbocycles. The lowest BCUT2D eigenvalue weighted by Gasteiger charge is -2.30. The summed E-state index contributed by atoms with van der Waals surface area (Å²) in [4.78, 5) is 24.1. The van der Waals surface area contributed by atoms with Gasteiger partial charge in [0.2, 0.25) is 0 Å². The molecular weight excluding hydrogens is 360 g/mol. The summed E-state index contributed by atoms with van der Waals surface area (Å²) in [7, 11) is 0. The standard InChI is InChI=1S/C22H38O6/c1-17(2)11-5-4-10-16-25-21(23)27-19-14-8-9-15-20(19)28-22(24)26-18-12-6-3-7-13-18/h17-20H,3-16H2,1-2H3. The topological polar surface area (TPSA) is 71.1 Å². The Morgan fingerprint density at radius 3 is 2.00 bits per heavy atom. The molecule has 2 saturated carbocycles. The second kappa shape index (κ2) is 12.9. The molecule has 2 unspecified atom stereocenters. The van der Waals surface area contributed by atoms with Crippen molar-refractivity contribution in [1.82, 2.24) is 0 Å². The Bertz CT molecular complexity index is 458. The van der Waals surface area contributed by atoms with Crippen LogP contribution in [0.1, 0.15) is 97.3 Å². The Morgan fingerprint density at radius 2 is 1.36 bits per heavy atom. The second-order valence-electron chi connectivity index (χ2n) is 8.57. The molecule has 0 N–H and O–H groups in total. The van der Waals surface area contributed by atoms with Gasteiger partial charge in [-0.05, 0) is 63.7 Å². The number of rotatable bonds is 9. The van der Waals surface area contributed by atoms with Crippen molar-refractivity contribution < 1.29 is 28.5 Å². The maximum Gasteiger partial charge on any atom is 0.508 e. The second-order valence-corrected chi connectivity index (χ2v) is 8.57. The van der Waals surface area contributed by atoms with Gasteiger partial charge in [0.15, 0.2) is 0 Å². The van der Waals surface area contributed by atoms with E-state index in [-0.39, 0.29) is 6.10 Å². The van der Waals surface area contributed by atoms with Crippen LogP contribution in [0.25, 0.3) is 0 Å². The molecule has 162 valence electrons. The van der Waals surface area contributed by atoms with Crippen molar-refractivity contribution in [3.63, 3.8) is 0 Å². The van der Waals surface area contributed by atoms with Gasteiger partial charge in [0, 0.05) is 0 Å². The number of carbonyl (C=O) groups is 2. The Kier molecular flexibility index (Phi) is 10.5. The fourth-order valence-electron chi connectivity index (χ4n) is 3.95. The molecule has 0 aliphatic heterocycles. The number of hydrogen-bond donors (Lipinski definition) is 0. The zero-order chi connectivity index (χ0) is 20.2. The Labute approximate surface area is 169 Å². The molecule has 0 aromatic rings. The van der Waals surface area contributed by atoms with Gasteiger partial charge in [-0.3, -0.25) is 0 Å². The van der Waals surface area contributed by atoms with Crippen molar-refractivity contribution in [3.8, 4) is 0 Å². The third-order valence-corrected chi connectivity index (χ3v) is 5.60. The summed E-state index contributed by atoms with van der Waals surface area (Å²) >= 11 is 0. The Hall–Kier alpha value is -1.46. The molecule has 0 aromatic heterocycles. The minimum Gasteiger partial charge on any atom is -0.434 e. The van der Waals surface area contributed by atoms with Crippen LogP contribution in [-0.2, 0) is 18.9 Å². The first-order valence-corrected chi connectivity index (χ1v) is 11.2. The quantitative estimate of drug-likeness (QED) is 0.342. The van der Waals surface area contributed by atoms with E-state index in [0.717, 1.165) is 57.8 Å². The molecule has 0 aromatic carbocycles. The molecule has 6 nitrogen and oxygen atoms in total. The van der Waals surface area contributed by atoms with Crippen LogP contribution >= 0.6 is 0 Å². The van der Waals surface area contributed by atoms with Gasteiger partial charge in [0.1, 0.15) is 18.3 Å². The average Bonchev–Trinajstić information content (AvgIpc) is 2.66. The van der Waals surface area contributed by atoms with Crippen molar-refractivity contribution in [2.75, 3.05) is 6.61 Å². The highest BCUT2D eigenvalue weighted by Gasteiger charge is 2.33. The molecule has 2 atom stereocenters. The van der Waals surface area contributed by atoms with E-state index in [9.17, 15) is 9.59 Å². The van der Waals surface area contributed by atoms with Crippen LogP contribution in [0.4, 0.5) is 9.59 Å². The monoisotopic (exact) mass is 398 g/mol. The average molecular weight is 399 g/mol. The first-order chi connectivity index (χ1) is 13.5. The number of carbonyl (C=O) groups excluding carboxylic acids is 2. The molecule has 0 spiro atoms. The van der Waals surface area contributed by atoms with Gasteiger partial charge in [-0.1, -0.05) is 39.5 Å². The molecule has 6 heteroatoms. The zero-order valence-corrected chi connectivity index (χ0v) is 17.7. The molecule has 0 saturated heterocycles. The minimum atomic E-state index is -0.662. The first-order valence-electron chi connectivity index (χ1n) is 11.2. The third kappa shape index (κ3) is 9.16. The highest BCUT2D eigenvalue weighted by atomic mass is 16.8. The lowest BCUT2D eigenvalue weighted by atomic mass is 9.94. The summed E-state index contributed by atoms with van der Waals surface area (Å²) in [6, 6.07) is 0. The highest BCUT2D eigenvalue weighted by Crippen LogP contribution is 2.26. The third-order valence-electron chi connectivity index (χ3n) is 5.60. The number of unbranched alkanes of at least 4 members (excludes halogenated alkanes) is 2. The van der Waals surface area contributed by atoms with E-state index in [0.29, 0.717) is 25.4 Å². The molecule has 0 amide bonds. The van der Waals surface area contributed by atoms with E-state index in [2.05, 4.69) is 13.8 Å². The van der Waals surface area contributed by atoms with Gasteiger partial charge in [-0.25, -0.2) is 9.59 Å². The lowest BCUT2D eigenvalue weighted by Crippen LogP contribution is -2.38. The Morgan fingerprint density at radius 1 is 0.750 bits per heavy atom. The van der Waals surface area contributed by atoms with Crippen LogP contribution < -0.4 is 0 Å². The Balaban J connectivity index is 1.65. The first kappa shape index (κ1) is 22.8. The smallest absolute Gasteiger partial charge is 0.434 e. The van der Waals surface area contributed by atoms with Gasteiger partial charge in [-0.2, -0.15) is 0 Å². The van der Waals surface area contributed by atoms with Gasteiger partial charge >= 0.3 is 12.3 Å². The van der Waals surface area contributed by atoms with Crippen LogP contribution in [0.2, 0.25) is 0 Å². The lowest BCUT2D eigenvalue weighted by molar-refractivity contribution is -0.0796. The fraction of sp³-hybridized carbons (Fsp3) is 0.909. The molecule has 28 heavy (non-hydrogen) atoms. The molecule has 0 radical (unpaired) electrons. The van der Waals surface area contributed by atoms with Crippen LogP contribution in [0.15, 0.2) is 0 Å². The van der Waals surface area contributed by atoms with Crippen molar-refractivity contribution in [3.05, 3.63) is 0 Å². The predicted molar refractivity (Wildman–Crippen MR) is 106 cm³/mol. The normalized spacial score (nSPS) is 23.2. The maximum atomic E-state index is 12.1. The van der Waals surface area contributed by atoms with Crippen molar-refractivity contribution in [2.24, 2.45) is 5.92 Å². The fourth-order valence-corrected chi connectivity index (χ4v) is 3.95. The van der Waals surface area contributed by atoms with Crippen LogP contribution in [-0.4, -0.2) is 37.2 Å². The van der Waals surface area contributed by atoms with Crippen molar-refractivity contribution in [1.29, 1.82) is 0 Å². The summed E-state index contributed by atoms with van der Waals surface area (Å²) in [6.07, 6.45) is 10.5. The number of hydrogen-bond acceptors (Lipinski definition) is 6. The van der Waals surface area contributed by atoms with Crippen molar-refractivity contribution >= 4 is 12.3 Å². The summed E-state index contributed by atoms with van der Waals surface area (Å²) < 4.78 is 21.6. The molecule has 0 bridgehead atoms. The summed E-state index contributed by atoms with van der Waals surface area (Å²) in [6.45, 7) is 4.79. The molecular formula is C22H38O6. The van der Waals surface area contributed by atoms with E-state index in [1.54, 1.807) is 0 Å². The molecule has 2 fully saturated rings. The van der Waals surface area contributed by atoms with Gasteiger partial charge in [-0.15, -0.1) is 0 Å². The zero-order valence-electron chi connectivity index (χ0n) is 17.7. The molecule has 0 heterocycles. The summed E-state index contributed by atoms with van der Waals surface area (Å²) in [5.41, 5.74) is 0. The van der Waals surface area contributed by atoms with Gasteiger partial charge in [0.05, 0.1) is 6.61 Å². The van der Waals surface area contributed by atoms with Crippen molar-refractivity contribution in [2.45, 2.75) is 116 Å². The summed E-state index contributed by atoms with van der Waals surface area (Å²) in [5, 5.41) is 0. The highest BCUT2D eigenvalue weighted by molar-refractivity contribution is 5.61. The molecule has 2 aliphatic rings. The maximum absolute atomic E-state index is 12.1. The molecule has 2 rings (SSSR count).